The van der Waals surface area contributed by atoms with Crippen molar-refractivity contribution in [1.29, 1.82) is 0 Å². The second-order valence-corrected chi connectivity index (χ2v) is 6.42. The summed E-state index contributed by atoms with van der Waals surface area (Å²) in [6.45, 7) is 2.83. The average Bonchev–Trinajstić information content (AvgIpc) is 2.47. The third kappa shape index (κ3) is 3.55. The fraction of sp³-hybridized carbons (Fsp3) is 0.562. The molecule has 2 N–H and O–H groups in total. The van der Waals surface area contributed by atoms with Crippen LogP contribution in [-0.2, 0) is 5.75 Å². The third-order valence-electron chi connectivity index (χ3n) is 3.93. The van der Waals surface area contributed by atoms with Gasteiger partial charge < -0.3 is 10.6 Å². The molecule has 2 atom stereocenters. The zero-order valence-electron chi connectivity index (χ0n) is 12.3. The highest BCUT2D eigenvalue weighted by molar-refractivity contribution is 7.97. The highest BCUT2D eigenvalue weighted by Gasteiger charge is 2.29. The Bertz CT molecular complexity index is 444. The predicted octanol–water partition coefficient (Wildman–Crippen LogP) is 2.89. The second-order valence-electron chi connectivity index (χ2n) is 5.55. The van der Waals surface area contributed by atoms with Crippen LogP contribution in [0.5, 0.6) is 0 Å². The van der Waals surface area contributed by atoms with E-state index in [1.165, 1.54) is 12.0 Å². The van der Waals surface area contributed by atoms with E-state index in [1.54, 1.807) is 11.8 Å². The van der Waals surface area contributed by atoms with Gasteiger partial charge in [-0.05, 0) is 50.1 Å². The smallest absolute Gasteiger partial charge is 0.254 e. The molecule has 4 heteroatoms. The summed E-state index contributed by atoms with van der Waals surface area (Å²) >= 11 is 1.79. The summed E-state index contributed by atoms with van der Waals surface area (Å²) in [5, 5.41) is 0. The molecule has 1 amide bonds. The van der Waals surface area contributed by atoms with Gasteiger partial charge in [0.25, 0.3) is 5.91 Å². The monoisotopic (exact) mass is 292 g/mol. The van der Waals surface area contributed by atoms with E-state index >= 15 is 0 Å². The first kappa shape index (κ1) is 15.4. The molecule has 1 aromatic carbocycles. The van der Waals surface area contributed by atoms with Crippen molar-refractivity contribution < 1.29 is 4.79 Å². The molecule has 110 valence electrons. The van der Waals surface area contributed by atoms with Crippen LogP contribution in [0.2, 0.25) is 0 Å². The van der Waals surface area contributed by atoms with Gasteiger partial charge in [-0.15, -0.1) is 0 Å². The molecule has 1 saturated heterocycles. The van der Waals surface area contributed by atoms with E-state index in [4.69, 9.17) is 5.73 Å². The van der Waals surface area contributed by atoms with Gasteiger partial charge in [0.15, 0.2) is 0 Å². The summed E-state index contributed by atoms with van der Waals surface area (Å²) in [5.41, 5.74) is 8.08. The highest BCUT2D eigenvalue weighted by atomic mass is 32.2. The Morgan fingerprint density at radius 2 is 2.10 bits per heavy atom. The molecule has 0 spiro atoms. The number of nitrogens with two attached hydrogens (primary N) is 1. The summed E-state index contributed by atoms with van der Waals surface area (Å²) < 4.78 is 0. The van der Waals surface area contributed by atoms with Crippen molar-refractivity contribution in [3.8, 4) is 0 Å². The molecule has 1 aromatic rings. The molecule has 0 aliphatic carbocycles. The van der Waals surface area contributed by atoms with Crippen molar-refractivity contribution in [2.75, 3.05) is 12.8 Å². The summed E-state index contributed by atoms with van der Waals surface area (Å²) in [6.07, 6.45) is 5.36. The summed E-state index contributed by atoms with van der Waals surface area (Å²) in [5.74, 6) is 1.11. The largest absolute Gasteiger partial charge is 0.334 e. The molecule has 0 bridgehead atoms. The summed E-state index contributed by atoms with van der Waals surface area (Å²) in [4.78, 5) is 14.6. The number of carbonyl (C=O) groups is 1. The number of benzene rings is 1. The fourth-order valence-electron chi connectivity index (χ4n) is 2.83. The predicted molar refractivity (Wildman–Crippen MR) is 86.0 cm³/mol. The molecule has 1 heterocycles. The number of nitrogens with zero attached hydrogens (tertiary/aromatic N) is 1. The lowest BCUT2D eigenvalue weighted by atomic mass is 9.96. The number of piperidine rings is 1. The van der Waals surface area contributed by atoms with Gasteiger partial charge in [0, 0.05) is 29.9 Å². The van der Waals surface area contributed by atoms with Crippen LogP contribution < -0.4 is 5.73 Å². The maximum absolute atomic E-state index is 12.6. The quantitative estimate of drug-likeness (QED) is 0.928. The first-order valence-corrected chi connectivity index (χ1v) is 8.67. The van der Waals surface area contributed by atoms with Crippen LogP contribution in [-0.4, -0.2) is 35.7 Å². The van der Waals surface area contributed by atoms with Crippen LogP contribution >= 0.6 is 11.8 Å². The molecule has 3 nitrogen and oxygen atoms in total. The molecule has 0 radical (unpaired) electrons. The standard InChI is InChI=1S/C16H24N2OS/c1-12(17)15-5-3-4-10-18(15)16(19)14-8-6-13(7-9-14)11-20-2/h6-9,12,15H,3-5,10-11,17H2,1-2H3/t12-,15-/m0/s1. The van der Waals surface area contributed by atoms with Gasteiger partial charge >= 0.3 is 0 Å². The Labute approximate surface area is 125 Å². The number of amides is 1. The number of likely N-dealkylation sites (tertiary alicyclic amines) is 1. The third-order valence-corrected chi connectivity index (χ3v) is 4.55. The van der Waals surface area contributed by atoms with Crippen LogP contribution in [0.3, 0.4) is 0 Å². The normalized spacial score (nSPS) is 20.8. The first-order chi connectivity index (χ1) is 9.63. The lowest BCUT2D eigenvalue weighted by Crippen LogP contribution is -2.51. The van der Waals surface area contributed by atoms with Crippen LogP contribution in [0.25, 0.3) is 0 Å². The van der Waals surface area contributed by atoms with E-state index in [9.17, 15) is 4.79 Å². The summed E-state index contributed by atoms with van der Waals surface area (Å²) in [7, 11) is 0. The number of rotatable bonds is 4. The molecular formula is C16H24N2OS. The number of hydrogen-bond donors (Lipinski definition) is 1. The molecule has 0 aromatic heterocycles. The topological polar surface area (TPSA) is 46.3 Å². The van der Waals surface area contributed by atoms with Crippen LogP contribution in [0.15, 0.2) is 24.3 Å². The molecule has 1 aliphatic heterocycles. The molecule has 20 heavy (non-hydrogen) atoms. The van der Waals surface area contributed by atoms with E-state index in [-0.39, 0.29) is 18.0 Å². The number of thioether (sulfide) groups is 1. The van der Waals surface area contributed by atoms with Gasteiger partial charge in [0.1, 0.15) is 0 Å². The van der Waals surface area contributed by atoms with Crippen molar-refractivity contribution in [2.45, 2.75) is 44.0 Å². The fourth-order valence-corrected chi connectivity index (χ4v) is 3.36. The molecule has 1 aliphatic rings. The van der Waals surface area contributed by atoms with Crippen molar-refractivity contribution in [3.63, 3.8) is 0 Å². The molecule has 1 fully saturated rings. The molecule has 0 saturated carbocycles. The van der Waals surface area contributed by atoms with E-state index < -0.39 is 0 Å². The Kier molecular flexibility index (Phi) is 5.49. The second kappa shape index (κ2) is 7.14. The van der Waals surface area contributed by atoms with Gasteiger partial charge in [-0.25, -0.2) is 0 Å². The van der Waals surface area contributed by atoms with Crippen LogP contribution in [0.4, 0.5) is 0 Å². The van der Waals surface area contributed by atoms with Crippen molar-refractivity contribution in [1.82, 2.24) is 4.90 Å². The number of carbonyl (C=O) groups excluding carboxylic acids is 1. The maximum atomic E-state index is 12.6. The van der Waals surface area contributed by atoms with Crippen molar-refractivity contribution >= 4 is 17.7 Å². The zero-order valence-corrected chi connectivity index (χ0v) is 13.2. The molecule has 0 unspecified atom stereocenters. The van der Waals surface area contributed by atoms with Gasteiger partial charge in [0.05, 0.1) is 0 Å². The van der Waals surface area contributed by atoms with Crippen LogP contribution in [0, 0.1) is 0 Å². The van der Waals surface area contributed by atoms with Crippen molar-refractivity contribution in [2.24, 2.45) is 5.73 Å². The minimum atomic E-state index is 0.0371. The minimum absolute atomic E-state index is 0.0371. The van der Waals surface area contributed by atoms with E-state index in [0.29, 0.717) is 0 Å². The van der Waals surface area contributed by atoms with E-state index in [0.717, 1.165) is 30.7 Å². The Morgan fingerprint density at radius 3 is 2.70 bits per heavy atom. The van der Waals surface area contributed by atoms with Crippen LogP contribution in [0.1, 0.15) is 42.1 Å². The highest BCUT2D eigenvalue weighted by Crippen LogP contribution is 2.22. The van der Waals surface area contributed by atoms with Crippen molar-refractivity contribution in [3.05, 3.63) is 35.4 Å². The Balaban J connectivity index is 2.12. The Morgan fingerprint density at radius 1 is 1.40 bits per heavy atom. The van der Waals surface area contributed by atoms with Gasteiger partial charge in [0.2, 0.25) is 0 Å². The Hall–Kier alpha value is -1.00. The average molecular weight is 292 g/mol. The maximum Gasteiger partial charge on any atom is 0.254 e. The molecule has 2 rings (SSSR count). The van der Waals surface area contributed by atoms with Gasteiger partial charge in [-0.2, -0.15) is 11.8 Å². The van der Waals surface area contributed by atoms with E-state index in [2.05, 4.69) is 18.4 Å². The zero-order chi connectivity index (χ0) is 14.5. The molecular weight excluding hydrogens is 268 g/mol. The van der Waals surface area contributed by atoms with Gasteiger partial charge in [-0.3, -0.25) is 4.79 Å². The lowest BCUT2D eigenvalue weighted by molar-refractivity contribution is 0.0584. The SMILES string of the molecule is CSCc1ccc(C(=O)N2CCCC[C@H]2[C@H](C)N)cc1. The van der Waals surface area contributed by atoms with Gasteiger partial charge in [-0.1, -0.05) is 12.1 Å². The first-order valence-electron chi connectivity index (χ1n) is 7.28. The number of hydrogen-bond acceptors (Lipinski definition) is 3. The lowest BCUT2D eigenvalue weighted by Gasteiger charge is -2.38. The van der Waals surface area contributed by atoms with E-state index in [1.807, 2.05) is 24.0 Å². The minimum Gasteiger partial charge on any atom is -0.334 e. The summed E-state index contributed by atoms with van der Waals surface area (Å²) in [6, 6.07) is 8.21.